The van der Waals surface area contributed by atoms with Crippen molar-refractivity contribution < 1.29 is 21.9 Å². The molecule has 0 saturated carbocycles. The molecule has 0 aliphatic carbocycles. The average molecular weight is 995 g/mol. The molecule has 0 spiro atoms. The summed E-state index contributed by atoms with van der Waals surface area (Å²) in [6.45, 7) is -0.658. The second-order valence-electron chi connectivity index (χ2n) is 19.3. The maximum absolute atomic E-state index is 9.74. The predicted octanol–water partition coefficient (Wildman–Crippen LogP) is 17.0. The summed E-state index contributed by atoms with van der Waals surface area (Å²) in [7, 11) is 0. The number of benzene rings is 12. The third kappa shape index (κ3) is 6.74. The summed E-state index contributed by atoms with van der Waals surface area (Å²) in [5, 5.41) is -0.354. The van der Waals surface area contributed by atoms with Gasteiger partial charge in [0.25, 0.3) is 6.71 Å². The van der Waals surface area contributed by atoms with Gasteiger partial charge >= 0.3 is 0 Å². The highest BCUT2D eigenvalue weighted by Gasteiger charge is 2.44. The van der Waals surface area contributed by atoms with Crippen molar-refractivity contribution in [2.75, 3.05) is 9.80 Å². The first-order valence-corrected chi connectivity index (χ1v) is 25.3. The lowest BCUT2D eigenvalue weighted by molar-refractivity contribution is 1.15. The second kappa shape index (κ2) is 17.2. The summed E-state index contributed by atoms with van der Waals surface area (Å²) in [5.41, 5.74) is 11.9. The summed E-state index contributed by atoms with van der Waals surface area (Å²) < 4.78 is 151. The zero-order chi connectivity index (χ0) is 64.5. The third-order valence-corrected chi connectivity index (χ3v) is 15.1. The molecule has 0 bridgehead atoms. The largest absolute Gasteiger partial charge is 0.311 e. The quantitative estimate of drug-likeness (QED) is 0.148. The van der Waals surface area contributed by atoms with E-state index in [9.17, 15) is 11.0 Å². The van der Waals surface area contributed by atoms with Gasteiger partial charge in [0, 0.05) is 61.4 Å². The molecule has 4 heterocycles. The van der Waals surface area contributed by atoms with Crippen LogP contribution in [0.3, 0.4) is 0 Å². The summed E-state index contributed by atoms with van der Waals surface area (Å²) in [4.78, 5) is 4.23. The van der Waals surface area contributed by atoms with E-state index in [-0.39, 0.29) is 55.0 Å². The Balaban J connectivity index is 1.10. The molecule has 2 aliphatic heterocycles. The molecular formula is C72H47BN4. The number of para-hydroxylation sites is 4. The molecule has 0 atom stereocenters. The minimum absolute atomic E-state index is 0.0641. The fourth-order valence-electron chi connectivity index (χ4n) is 11.9. The van der Waals surface area contributed by atoms with Crippen LogP contribution in [0.1, 0.15) is 21.9 Å². The van der Waals surface area contributed by atoms with Gasteiger partial charge < -0.3 is 18.9 Å². The first-order chi connectivity index (χ1) is 44.9. The first kappa shape index (κ1) is 30.3. The average Bonchev–Trinajstić information content (AvgIpc) is 1.70. The normalized spacial score (nSPS) is 15.5. The Kier molecular flexibility index (Phi) is 6.79. The SMILES string of the molecule is [2H]c1c([2H])c([2H])c2c(c1[2H])c1c([2H])c([2H])c([2H])c([2H])c1n2-c1ccc2c(c1)N(c1cccc(-c3ccccc3)c1)c1cc(-n3c4c([2H])c([2H])c([2H])c([2H])c4c4c([2H])c([2H])c([2H])c([2H])c43)cc3c1B2c1cc(-c2ccccc2)ccc1N3c1cccc(-c2ccccc2)c1. The molecule has 16 rings (SSSR count). The van der Waals surface area contributed by atoms with E-state index >= 15 is 0 Å². The summed E-state index contributed by atoms with van der Waals surface area (Å²) in [5.74, 6) is 0. The molecule has 0 unspecified atom stereocenters. The lowest BCUT2D eigenvalue weighted by atomic mass is 9.33. The van der Waals surface area contributed by atoms with E-state index in [1.807, 2.05) is 164 Å². The highest BCUT2D eigenvalue weighted by atomic mass is 15.2. The van der Waals surface area contributed by atoms with Crippen LogP contribution in [-0.4, -0.2) is 15.8 Å². The molecular weight excluding hydrogens is 932 g/mol. The zero-order valence-electron chi connectivity index (χ0n) is 56.8. The van der Waals surface area contributed by atoms with E-state index in [2.05, 4.69) is 34.1 Å². The minimum atomic E-state index is -0.658. The second-order valence-corrected chi connectivity index (χ2v) is 19.3. The number of nitrogens with zero attached hydrogens (tertiary/aromatic N) is 4. The number of aromatic nitrogens is 2. The van der Waals surface area contributed by atoms with Crippen LogP contribution in [0, 0.1) is 0 Å². The molecule has 5 heteroatoms. The van der Waals surface area contributed by atoms with E-state index in [0.717, 1.165) is 61.1 Å². The smallest absolute Gasteiger partial charge is 0.252 e. The minimum Gasteiger partial charge on any atom is -0.311 e. The van der Waals surface area contributed by atoms with E-state index < -0.39 is 103 Å². The summed E-state index contributed by atoms with van der Waals surface area (Å²) >= 11 is 0. The molecule has 0 saturated heterocycles. The summed E-state index contributed by atoms with van der Waals surface area (Å²) in [6, 6.07) is 53.3. The van der Waals surface area contributed by atoms with Crippen molar-refractivity contribution in [3.8, 4) is 44.8 Å². The highest BCUT2D eigenvalue weighted by Crippen LogP contribution is 2.48. The fraction of sp³-hybridized carbons (Fsp3) is 0. The van der Waals surface area contributed by atoms with Crippen molar-refractivity contribution in [2.45, 2.75) is 0 Å². The van der Waals surface area contributed by atoms with Gasteiger partial charge in [-0.3, -0.25) is 0 Å². The molecule has 358 valence electrons. The van der Waals surface area contributed by atoms with Gasteiger partial charge in [-0.2, -0.15) is 0 Å². The lowest BCUT2D eigenvalue weighted by Crippen LogP contribution is -2.61. The standard InChI is InChI=1S/C72H47BN4/c1-4-20-48(21-5-1)51-26-18-28-54(42-51)75-68-41-38-53(50-24-8-3-9-25-50)44-63(68)73-62-40-39-56(74-64-34-14-10-30-58(64)59-31-11-15-35-65(59)74)45-69(62)76(55-29-19-27-52(43-55)49-22-6-2-7-23-49)71-47-57(46-70(75)72(71)73)77-66-36-16-12-32-60(66)61-33-13-17-37-67(61)77/h1-47H/i10D,11D,12D,13D,14D,15D,16D,17D,30D,31D,32D,33D,34D,35D,36D,37D. The molecule has 4 nitrogen and oxygen atoms in total. The molecule has 0 amide bonds. The monoisotopic (exact) mass is 994 g/mol. The van der Waals surface area contributed by atoms with Gasteiger partial charge in [0.2, 0.25) is 0 Å². The van der Waals surface area contributed by atoms with Crippen LogP contribution < -0.4 is 26.2 Å². The van der Waals surface area contributed by atoms with Gasteiger partial charge in [0.05, 0.1) is 49.7 Å². The number of hydrogen-bond acceptors (Lipinski definition) is 2. The van der Waals surface area contributed by atoms with E-state index in [4.69, 9.17) is 11.0 Å². The lowest BCUT2D eigenvalue weighted by Gasteiger charge is -2.45. The molecule has 2 aromatic heterocycles. The molecule has 2 aliphatic rings. The van der Waals surface area contributed by atoms with Crippen LogP contribution in [0.2, 0.25) is 0 Å². The molecule has 0 fully saturated rings. The maximum atomic E-state index is 9.74. The number of anilines is 6. The first-order valence-electron chi connectivity index (χ1n) is 33.3. The Bertz CT molecular complexity index is 5470. The molecule has 12 aromatic carbocycles. The number of rotatable bonds is 7. The van der Waals surface area contributed by atoms with E-state index in [1.54, 1.807) is 0 Å². The molecule has 14 aromatic rings. The van der Waals surface area contributed by atoms with Crippen LogP contribution in [0.5, 0.6) is 0 Å². The van der Waals surface area contributed by atoms with Gasteiger partial charge in [-0.25, -0.2) is 0 Å². The van der Waals surface area contributed by atoms with Gasteiger partial charge in [0.15, 0.2) is 0 Å². The summed E-state index contributed by atoms with van der Waals surface area (Å²) in [6.07, 6.45) is 0. The van der Waals surface area contributed by atoms with Crippen LogP contribution in [0.25, 0.3) is 88.4 Å². The highest BCUT2D eigenvalue weighted by molar-refractivity contribution is 7.00. The predicted molar refractivity (Wildman–Crippen MR) is 325 cm³/mol. The molecule has 0 radical (unpaired) electrons. The topological polar surface area (TPSA) is 16.3 Å². The molecule has 0 N–H and O–H groups in total. The van der Waals surface area contributed by atoms with Gasteiger partial charge in [-0.15, -0.1) is 0 Å². The van der Waals surface area contributed by atoms with E-state index in [1.165, 1.54) is 9.13 Å². The van der Waals surface area contributed by atoms with Gasteiger partial charge in [-0.05, 0) is 129 Å². The number of hydrogen-bond donors (Lipinski definition) is 0. The third-order valence-electron chi connectivity index (χ3n) is 15.1. The van der Waals surface area contributed by atoms with Crippen LogP contribution in [0.15, 0.2) is 285 Å². The van der Waals surface area contributed by atoms with E-state index in [0.29, 0.717) is 22.7 Å². The van der Waals surface area contributed by atoms with Crippen molar-refractivity contribution in [1.82, 2.24) is 9.13 Å². The van der Waals surface area contributed by atoms with Crippen LogP contribution in [-0.2, 0) is 0 Å². The van der Waals surface area contributed by atoms with Crippen LogP contribution in [0.4, 0.5) is 34.1 Å². The Morgan fingerprint density at radius 3 is 1.16 bits per heavy atom. The maximum Gasteiger partial charge on any atom is 0.252 e. The van der Waals surface area contributed by atoms with Crippen molar-refractivity contribution >= 4 is 101 Å². The zero-order valence-corrected chi connectivity index (χ0v) is 40.8. The Hall–Kier alpha value is -10.1. The van der Waals surface area contributed by atoms with Gasteiger partial charge in [-0.1, -0.05) is 206 Å². The number of fused-ring (bicyclic) bond motifs is 10. The van der Waals surface area contributed by atoms with Crippen molar-refractivity contribution in [3.63, 3.8) is 0 Å². The van der Waals surface area contributed by atoms with Crippen molar-refractivity contribution in [2.24, 2.45) is 0 Å². The van der Waals surface area contributed by atoms with Crippen LogP contribution >= 0.6 is 0 Å². The van der Waals surface area contributed by atoms with Crippen molar-refractivity contribution in [3.05, 3.63) is 285 Å². The Morgan fingerprint density at radius 1 is 0.273 bits per heavy atom. The molecule has 77 heavy (non-hydrogen) atoms. The Morgan fingerprint density at radius 2 is 0.675 bits per heavy atom. The fourth-order valence-corrected chi connectivity index (χ4v) is 11.9. The Labute approximate surface area is 469 Å². The van der Waals surface area contributed by atoms with Crippen molar-refractivity contribution in [1.29, 1.82) is 0 Å². The van der Waals surface area contributed by atoms with Gasteiger partial charge in [0.1, 0.15) is 0 Å².